The van der Waals surface area contributed by atoms with Gasteiger partial charge in [0.15, 0.2) is 0 Å². The van der Waals surface area contributed by atoms with Crippen LogP contribution in [0.3, 0.4) is 0 Å². The molecule has 0 aliphatic heterocycles. The monoisotopic (exact) mass is 324 g/mol. The highest BCUT2D eigenvalue weighted by Gasteiger charge is 2.05. The second kappa shape index (κ2) is 6.45. The Hall–Kier alpha value is -0.710. The second-order valence-corrected chi connectivity index (χ2v) is 6.31. The number of benzene rings is 1. The highest BCUT2D eigenvalue weighted by atomic mass is 79.9. The first-order valence-corrected chi connectivity index (χ1v) is 7.72. The highest BCUT2D eigenvalue weighted by Crippen LogP contribution is 2.16. The maximum absolute atomic E-state index is 4.46. The standard InChI is InChI=1S/C14H17BrN2S/c1-10(12-3-5-13(15)6-4-12)16-8-7-14-9-18-11(2)17-14/h3-6,9-10,16H,7-8H2,1-2H3. The van der Waals surface area contributed by atoms with Crippen molar-refractivity contribution in [2.75, 3.05) is 6.54 Å². The summed E-state index contributed by atoms with van der Waals surface area (Å²) in [6.07, 6.45) is 0.991. The van der Waals surface area contributed by atoms with E-state index in [1.54, 1.807) is 11.3 Å². The zero-order valence-electron chi connectivity index (χ0n) is 10.6. The van der Waals surface area contributed by atoms with E-state index >= 15 is 0 Å². The maximum atomic E-state index is 4.46. The van der Waals surface area contributed by atoms with E-state index in [1.165, 1.54) is 11.3 Å². The van der Waals surface area contributed by atoms with Crippen molar-refractivity contribution in [3.8, 4) is 0 Å². The van der Waals surface area contributed by atoms with Crippen LogP contribution in [0.2, 0.25) is 0 Å². The summed E-state index contributed by atoms with van der Waals surface area (Å²) in [6, 6.07) is 8.83. The zero-order chi connectivity index (χ0) is 13.0. The Morgan fingerprint density at radius 3 is 2.67 bits per heavy atom. The van der Waals surface area contributed by atoms with E-state index < -0.39 is 0 Å². The number of nitrogens with zero attached hydrogens (tertiary/aromatic N) is 1. The molecule has 1 aromatic heterocycles. The Balaban J connectivity index is 1.81. The molecular weight excluding hydrogens is 308 g/mol. The van der Waals surface area contributed by atoms with E-state index in [0.717, 1.165) is 22.4 Å². The van der Waals surface area contributed by atoms with Crippen molar-refractivity contribution in [3.63, 3.8) is 0 Å². The second-order valence-electron chi connectivity index (χ2n) is 4.34. The molecule has 1 atom stereocenters. The van der Waals surface area contributed by atoms with E-state index in [9.17, 15) is 0 Å². The van der Waals surface area contributed by atoms with Crippen LogP contribution in [0.25, 0.3) is 0 Å². The lowest BCUT2D eigenvalue weighted by Crippen LogP contribution is -2.21. The van der Waals surface area contributed by atoms with Gasteiger partial charge in [-0.2, -0.15) is 0 Å². The van der Waals surface area contributed by atoms with Gasteiger partial charge in [0.2, 0.25) is 0 Å². The molecule has 2 rings (SSSR count). The number of rotatable bonds is 5. The molecule has 1 aromatic carbocycles. The number of nitrogens with one attached hydrogen (secondary N) is 1. The normalized spacial score (nSPS) is 12.6. The van der Waals surface area contributed by atoms with Crippen LogP contribution in [-0.4, -0.2) is 11.5 Å². The van der Waals surface area contributed by atoms with E-state index in [-0.39, 0.29) is 0 Å². The van der Waals surface area contributed by atoms with Gasteiger partial charge in [-0.3, -0.25) is 0 Å². The summed E-state index contributed by atoms with van der Waals surface area (Å²) in [5.41, 5.74) is 2.50. The Labute approximate surface area is 121 Å². The van der Waals surface area contributed by atoms with Gasteiger partial charge in [-0.1, -0.05) is 28.1 Å². The van der Waals surface area contributed by atoms with Crippen LogP contribution in [-0.2, 0) is 6.42 Å². The van der Waals surface area contributed by atoms with E-state index in [0.29, 0.717) is 6.04 Å². The SMILES string of the molecule is Cc1nc(CCNC(C)c2ccc(Br)cc2)cs1. The molecule has 4 heteroatoms. The van der Waals surface area contributed by atoms with Crippen molar-refractivity contribution in [2.45, 2.75) is 26.3 Å². The Kier molecular flexibility index (Phi) is 4.92. The van der Waals surface area contributed by atoms with Crippen LogP contribution in [0.1, 0.15) is 29.2 Å². The highest BCUT2D eigenvalue weighted by molar-refractivity contribution is 9.10. The molecule has 1 N–H and O–H groups in total. The van der Waals surface area contributed by atoms with E-state index in [2.05, 4.69) is 62.8 Å². The molecule has 0 fully saturated rings. The molecule has 0 aliphatic rings. The predicted molar refractivity (Wildman–Crippen MR) is 81.1 cm³/mol. The minimum absolute atomic E-state index is 0.373. The average molecular weight is 325 g/mol. The minimum atomic E-state index is 0.373. The fourth-order valence-corrected chi connectivity index (χ4v) is 2.72. The third-order valence-electron chi connectivity index (χ3n) is 2.87. The number of thiazole rings is 1. The van der Waals surface area contributed by atoms with Gasteiger partial charge >= 0.3 is 0 Å². The largest absolute Gasteiger partial charge is 0.310 e. The Morgan fingerprint density at radius 2 is 2.06 bits per heavy atom. The predicted octanol–water partition coefficient (Wildman–Crippen LogP) is 4.11. The first kappa shape index (κ1) is 13.7. The van der Waals surface area contributed by atoms with Crippen LogP contribution in [0.5, 0.6) is 0 Å². The average Bonchev–Trinajstić information content (AvgIpc) is 2.76. The topological polar surface area (TPSA) is 24.9 Å². The summed E-state index contributed by atoms with van der Waals surface area (Å²) < 4.78 is 1.12. The summed E-state index contributed by atoms with van der Waals surface area (Å²) >= 11 is 5.17. The van der Waals surface area contributed by atoms with E-state index in [4.69, 9.17) is 0 Å². The Morgan fingerprint density at radius 1 is 1.33 bits per heavy atom. The third kappa shape index (κ3) is 3.90. The summed E-state index contributed by atoms with van der Waals surface area (Å²) in [7, 11) is 0. The smallest absolute Gasteiger partial charge is 0.0897 e. The summed E-state index contributed by atoms with van der Waals surface area (Å²) in [5, 5.41) is 6.81. The summed E-state index contributed by atoms with van der Waals surface area (Å²) in [4.78, 5) is 4.46. The number of aromatic nitrogens is 1. The van der Waals surface area contributed by atoms with Crippen molar-refractivity contribution in [2.24, 2.45) is 0 Å². The molecule has 0 amide bonds. The molecule has 1 heterocycles. The molecule has 0 spiro atoms. The molecule has 0 aliphatic carbocycles. The summed E-state index contributed by atoms with van der Waals surface area (Å²) in [5.74, 6) is 0. The van der Waals surface area contributed by atoms with Gasteiger partial charge in [0.05, 0.1) is 10.7 Å². The molecule has 0 bridgehead atoms. The zero-order valence-corrected chi connectivity index (χ0v) is 13.0. The van der Waals surface area contributed by atoms with Gasteiger partial charge in [-0.05, 0) is 31.5 Å². The van der Waals surface area contributed by atoms with Gasteiger partial charge in [0.1, 0.15) is 0 Å². The molecule has 1 unspecified atom stereocenters. The molecule has 2 aromatic rings. The molecule has 18 heavy (non-hydrogen) atoms. The van der Waals surface area contributed by atoms with Crippen LogP contribution in [0.4, 0.5) is 0 Å². The quantitative estimate of drug-likeness (QED) is 0.895. The lowest BCUT2D eigenvalue weighted by atomic mass is 10.1. The van der Waals surface area contributed by atoms with Gasteiger partial charge in [-0.25, -0.2) is 4.98 Å². The molecule has 2 nitrogen and oxygen atoms in total. The van der Waals surface area contributed by atoms with Crippen molar-refractivity contribution < 1.29 is 0 Å². The van der Waals surface area contributed by atoms with Gasteiger partial charge < -0.3 is 5.32 Å². The van der Waals surface area contributed by atoms with Crippen LogP contribution in [0, 0.1) is 6.92 Å². The van der Waals surface area contributed by atoms with Crippen molar-refractivity contribution in [1.29, 1.82) is 0 Å². The maximum Gasteiger partial charge on any atom is 0.0897 e. The van der Waals surface area contributed by atoms with Gasteiger partial charge in [0, 0.05) is 28.9 Å². The summed E-state index contributed by atoms with van der Waals surface area (Å²) in [6.45, 7) is 5.20. The van der Waals surface area contributed by atoms with Crippen LogP contribution < -0.4 is 5.32 Å². The molecule has 0 radical (unpaired) electrons. The first-order chi connectivity index (χ1) is 8.65. The van der Waals surface area contributed by atoms with Gasteiger partial charge in [-0.15, -0.1) is 11.3 Å². The van der Waals surface area contributed by atoms with Crippen molar-refractivity contribution in [3.05, 3.63) is 50.4 Å². The lowest BCUT2D eigenvalue weighted by molar-refractivity contribution is 0.574. The number of hydrogen-bond donors (Lipinski definition) is 1. The van der Waals surface area contributed by atoms with Crippen LogP contribution >= 0.6 is 27.3 Å². The molecule has 0 saturated carbocycles. The Bertz CT molecular complexity index is 493. The van der Waals surface area contributed by atoms with Crippen molar-refractivity contribution in [1.82, 2.24) is 10.3 Å². The fourth-order valence-electron chi connectivity index (χ4n) is 1.81. The molecule has 0 saturated heterocycles. The minimum Gasteiger partial charge on any atom is -0.310 e. The van der Waals surface area contributed by atoms with Crippen molar-refractivity contribution >= 4 is 27.3 Å². The van der Waals surface area contributed by atoms with E-state index in [1.807, 2.05) is 6.92 Å². The van der Waals surface area contributed by atoms with Crippen LogP contribution in [0.15, 0.2) is 34.1 Å². The lowest BCUT2D eigenvalue weighted by Gasteiger charge is -2.13. The number of hydrogen-bond acceptors (Lipinski definition) is 3. The third-order valence-corrected chi connectivity index (χ3v) is 4.22. The number of halogens is 1. The van der Waals surface area contributed by atoms with Gasteiger partial charge in [0.25, 0.3) is 0 Å². The molecular formula is C14H17BrN2S. The molecule has 96 valence electrons. The number of aryl methyl sites for hydroxylation is 1. The fraction of sp³-hybridized carbons (Fsp3) is 0.357. The first-order valence-electron chi connectivity index (χ1n) is 6.05.